The van der Waals surface area contributed by atoms with Gasteiger partial charge in [-0.2, -0.15) is 0 Å². The minimum atomic E-state index is -0.810. The third-order valence-electron chi connectivity index (χ3n) is 4.81. The molecule has 1 aliphatic heterocycles. The fraction of sp³-hybridized carbons (Fsp3) is 0.0417. The minimum Gasteiger partial charge on any atom is -0.487 e. The van der Waals surface area contributed by atoms with E-state index in [-0.39, 0.29) is 18.0 Å². The Morgan fingerprint density at radius 2 is 1.68 bits per heavy atom. The summed E-state index contributed by atoms with van der Waals surface area (Å²) in [6, 6.07) is 15.2. The fourth-order valence-electron chi connectivity index (χ4n) is 3.19. The second-order valence-electron chi connectivity index (χ2n) is 7.16. The molecule has 34 heavy (non-hydrogen) atoms. The van der Waals surface area contributed by atoms with Crippen molar-refractivity contribution in [2.45, 2.75) is 6.61 Å². The molecule has 4 amide bonds. The van der Waals surface area contributed by atoms with Gasteiger partial charge in [0.05, 0.1) is 13.7 Å². The number of carbonyl (C=O) groups excluding carboxylic acids is 3. The standard InChI is InChI=1S/C24H14Br2FIN2O4/c25-15-3-7-17(8-4-15)30-23(32)18(22(31)29-24(30)33)9-14-10-19(26)21(20(28)11-14)34-12-13-1-5-16(27)6-2-13/h1-11H,12H2,(H,29,31,33)/b18-9+. The lowest BCUT2D eigenvalue weighted by atomic mass is 10.1. The van der Waals surface area contributed by atoms with E-state index < -0.39 is 17.8 Å². The van der Waals surface area contributed by atoms with Crippen LogP contribution in [0.25, 0.3) is 6.08 Å². The van der Waals surface area contributed by atoms with Crippen LogP contribution in [-0.4, -0.2) is 17.8 Å². The first-order valence-electron chi connectivity index (χ1n) is 9.76. The molecule has 0 atom stereocenters. The number of imide groups is 2. The van der Waals surface area contributed by atoms with E-state index >= 15 is 0 Å². The highest BCUT2D eigenvalue weighted by Gasteiger charge is 2.36. The lowest BCUT2D eigenvalue weighted by molar-refractivity contribution is -0.122. The third kappa shape index (κ3) is 5.39. The van der Waals surface area contributed by atoms with E-state index in [2.05, 4.69) is 59.8 Å². The number of nitrogens with zero attached hydrogens (tertiary/aromatic N) is 1. The molecule has 0 aromatic heterocycles. The molecule has 0 saturated carbocycles. The molecule has 1 aliphatic rings. The number of hydrogen-bond acceptors (Lipinski definition) is 4. The summed E-state index contributed by atoms with van der Waals surface area (Å²) in [6.07, 6.45) is 1.42. The number of rotatable bonds is 5. The molecule has 0 aliphatic carbocycles. The van der Waals surface area contributed by atoms with Crippen LogP contribution in [-0.2, 0) is 16.2 Å². The second-order valence-corrected chi connectivity index (χ2v) is 10.1. The first kappa shape index (κ1) is 24.6. The van der Waals surface area contributed by atoms with E-state index in [9.17, 15) is 18.8 Å². The Balaban J connectivity index is 1.60. The Labute approximate surface area is 224 Å². The molecule has 1 N–H and O–H groups in total. The maximum Gasteiger partial charge on any atom is 0.335 e. The molecule has 6 nitrogen and oxygen atoms in total. The number of ether oxygens (including phenoxy) is 1. The van der Waals surface area contributed by atoms with Crippen LogP contribution < -0.4 is 15.0 Å². The molecule has 3 aromatic rings. The Morgan fingerprint density at radius 1 is 1.00 bits per heavy atom. The molecular formula is C24H14Br2FIN2O4. The van der Waals surface area contributed by atoms with Crippen molar-refractivity contribution in [1.29, 1.82) is 0 Å². The molecule has 10 heteroatoms. The zero-order valence-corrected chi connectivity index (χ0v) is 22.5. The van der Waals surface area contributed by atoms with E-state index in [4.69, 9.17) is 4.74 Å². The van der Waals surface area contributed by atoms with Crippen LogP contribution in [0.1, 0.15) is 11.1 Å². The average Bonchev–Trinajstić information content (AvgIpc) is 2.78. The number of halogens is 4. The van der Waals surface area contributed by atoms with Crippen molar-refractivity contribution in [1.82, 2.24) is 5.32 Å². The van der Waals surface area contributed by atoms with Crippen molar-refractivity contribution >= 4 is 84.1 Å². The number of amides is 4. The van der Waals surface area contributed by atoms with Crippen LogP contribution in [0.15, 0.2) is 75.2 Å². The number of anilines is 1. The molecule has 1 saturated heterocycles. The summed E-state index contributed by atoms with van der Waals surface area (Å²) >= 11 is 8.87. The van der Waals surface area contributed by atoms with E-state index in [1.54, 1.807) is 48.5 Å². The SMILES string of the molecule is O=C1NC(=O)N(c2ccc(Br)cc2)C(=O)/C1=C/c1cc(Br)c(OCc2ccc(F)cc2)c(I)c1. The summed E-state index contributed by atoms with van der Waals surface area (Å²) in [7, 11) is 0. The predicted octanol–water partition coefficient (Wildman–Crippen LogP) is 6.20. The lowest BCUT2D eigenvalue weighted by Gasteiger charge is -2.26. The van der Waals surface area contributed by atoms with Gasteiger partial charge in [-0.3, -0.25) is 14.9 Å². The monoisotopic (exact) mass is 698 g/mol. The van der Waals surface area contributed by atoms with Crippen LogP contribution in [0, 0.1) is 9.39 Å². The summed E-state index contributed by atoms with van der Waals surface area (Å²) in [5, 5.41) is 2.21. The van der Waals surface area contributed by atoms with E-state index in [0.717, 1.165) is 18.5 Å². The van der Waals surface area contributed by atoms with Gasteiger partial charge in [-0.05, 0) is 104 Å². The first-order valence-corrected chi connectivity index (χ1v) is 12.4. The van der Waals surface area contributed by atoms with Gasteiger partial charge >= 0.3 is 6.03 Å². The van der Waals surface area contributed by atoms with E-state index in [1.165, 1.54) is 18.2 Å². The van der Waals surface area contributed by atoms with Gasteiger partial charge in [0.15, 0.2) is 0 Å². The molecule has 4 rings (SSSR count). The summed E-state index contributed by atoms with van der Waals surface area (Å²) in [4.78, 5) is 38.8. The number of urea groups is 1. The van der Waals surface area contributed by atoms with Crippen LogP contribution in [0.2, 0.25) is 0 Å². The Morgan fingerprint density at radius 3 is 2.32 bits per heavy atom. The normalized spacial score (nSPS) is 15.0. The zero-order valence-electron chi connectivity index (χ0n) is 17.2. The molecule has 0 unspecified atom stereocenters. The largest absolute Gasteiger partial charge is 0.487 e. The van der Waals surface area contributed by atoms with Gasteiger partial charge in [0.25, 0.3) is 11.8 Å². The maximum absolute atomic E-state index is 13.1. The zero-order chi connectivity index (χ0) is 24.4. The van der Waals surface area contributed by atoms with Gasteiger partial charge in [-0.15, -0.1) is 0 Å². The van der Waals surface area contributed by atoms with Gasteiger partial charge < -0.3 is 4.74 Å². The highest BCUT2D eigenvalue weighted by atomic mass is 127. The average molecular weight is 700 g/mol. The number of hydrogen-bond donors (Lipinski definition) is 1. The summed E-state index contributed by atoms with van der Waals surface area (Å²) in [5.41, 5.74) is 1.53. The van der Waals surface area contributed by atoms with Gasteiger partial charge in [0, 0.05) is 4.47 Å². The van der Waals surface area contributed by atoms with Crippen molar-refractivity contribution in [3.8, 4) is 5.75 Å². The molecule has 3 aromatic carbocycles. The summed E-state index contributed by atoms with van der Waals surface area (Å²) in [6.45, 7) is 0.237. The summed E-state index contributed by atoms with van der Waals surface area (Å²) in [5.74, 6) is -1.25. The molecule has 0 bridgehead atoms. The molecule has 0 radical (unpaired) electrons. The number of benzene rings is 3. The van der Waals surface area contributed by atoms with Crippen LogP contribution in [0.4, 0.5) is 14.9 Å². The first-order chi connectivity index (χ1) is 16.2. The van der Waals surface area contributed by atoms with E-state index in [0.29, 0.717) is 21.5 Å². The maximum atomic E-state index is 13.1. The Bertz CT molecular complexity index is 1300. The van der Waals surface area contributed by atoms with E-state index in [1.807, 2.05) is 0 Å². The van der Waals surface area contributed by atoms with Crippen LogP contribution >= 0.6 is 54.5 Å². The molecule has 172 valence electrons. The summed E-state index contributed by atoms with van der Waals surface area (Å²) < 4.78 is 21.1. The number of nitrogens with one attached hydrogen (secondary N) is 1. The third-order valence-corrected chi connectivity index (χ3v) is 6.73. The van der Waals surface area contributed by atoms with Gasteiger partial charge in [0.1, 0.15) is 23.7 Å². The highest BCUT2D eigenvalue weighted by molar-refractivity contribution is 14.1. The second kappa shape index (κ2) is 10.4. The Hall–Kier alpha value is -2.57. The quantitative estimate of drug-likeness (QED) is 0.196. The minimum absolute atomic E-state index is 0.176. The smallest absolute Gasteiger partial charge is 0.335 e. The Kier molecular flexibility index (Phi) is 7.48. The van der Waals surface area contributed by atoms with Crippen molar-refractivity contribution in [2.24, 2.45) is 0 Å². The number of carbonyl (C=O) groups is 3. The molecule has 0 spiro atoms. The number of barbiturate groups is 1. The van der Waals surface area contributed by atoms with Crippen molar-refractivity contribution in [3.05, 3.63) is 95.7 Å². The predicted molar refractivity (Wildman–Crippen MR) is 141 cm³/mol. The van der Waals surface area contributed by atoms with Crippen molar-refractivity contribution in [2.75, 3.05) is 4.90 Å². The molecule has 1 fully saturated rings. The van der Waals surface area contributed by atoms with Crippen LogP contribution in [0.5, 0.6) is 5.75 Å². The molecular weight excluding hydrogens is 686 g/mol. The van der Waals surface area contributed by atoms with Gasteiger partial charge in [-0.25, -0.2) is 14.1 Å². The highest BCUT2D eigenvalue weighted by Crippen LogP contribution is 2.34. The van der Waals surface area contributed by atoms with Crippen molar-refractivity contribution < 1.29 is 23.5 Å². The van der Waals surface area contributed by atoms with Gasteiger partial charge in [0.2, 0.25) is 0 Å². The van der Waals surface area contributed by atoms with Crippen molar-refractivity contribution in [3.63, 3.8) is 0 Å². The van der Waals surface area contributed by atoms with Crippen LogP contribution in [0.3, 0.4) is 0 Å². The fourth-order valence-corrected chi connectivity index (χ4v) is 5.22. The molecule has 1 heterocycles. The van der Waals surface area contributed by atoms with Gasteiger partial charge in [-0.1, -0.05) is 28.1 Å². The lowest BCUT2D eigenvalue weighted by Crippen LogP contribution is -2.54. The topological polar surface area (TPSA) is 75.7 Å².